The largest absolute Gasteiger partial charge is 0.246 e. The maximum Gasteiger partial charge on any atom is 0.246 e. The van der Waals surface area contributed by atoms with Gasteiger partial charge in [-0.1, -0.05) is 42.7 Å². The number of benzene rings is 2. The van der Waals surface area contributed by atoms with Gasteiger partial charge in [-0.3, -0.25) is 0 Å². The van der Waals surface area contributed by atoms with Crippen LogP contribution in [-0.2, 0) is 10.0 Å². The first-order valence-corrected chi connectivity index (χ1v) is 9.87. The van der Waals surface area contributed by atoms with Crippen LogP contribution in [0.4, 0.5) is 8.78 Å². The highest BCUT2D eigenvalue weighted by Crippen LogP contribution is 2.35. The van der Waals surface area contributed by atoms with Crippen LogP contribution in [0.1, 0.15) is 42.9 Å². The lowest BCUT2D eigenvalue weighted by Crippen LogP contribution is -2.35. The average Bonchev–Trinajstić information content (AvgIpc) is 2.84. The van der Waals surface area contributed by atoms with Gasteiger partial charge in [-0.05, 0) is 43.5 Å². The van der Waals surface area contributed by atoms with Gasteiger partial charge in [-0.25, -0.2) is 17.2 Å². The van der Waals surface area contributed by atoms with E-state index in [1.54, 1.807) is 0 Å². The molecule has 6 heteroatoms. The molecule has 1 fully saturated rings. The summed E-state index contributed by atoms with van der Waals surface area (Å²) in [5.74, 6) is -1.69. The lowest BCUT2D eigenvalue weighted by Gasteiger charge is -2.29. The molecule has 1 atom stereocenters. The molecule has 25 heavy (non-hydrogen) atoms. The van der Waals surface area contributed by atoms with Crippen molar-refractivity contribution in [2.24, 2.45) is 0 Å². The van der Waals surface area contributed by atoms with Crippen molar-refractivity contribution in [3.8, 4) is 0 Å². The molecule has 1 heterocycles. The maximum atomic E-state index is 14.1. The summed E-state index contributed by atoms with van der Waals surface area (Å²) in [6.45, 7) is 2.27. The normalized spacial score (nSPS) is 19.6. The number of hydrogen-bond donors (Lipinski definition) is 0. The zero-order valence-electron chi connectivity index (χ0n) is 14.1. The Morgan fingerprint density at radius 3 is 2.44 bits per heavy atom. The third-order valence-corrected chi connectivity index (χ3v) is 6.57. The highest BCUT2D eigenvalue weighted by atomic mass is 32.2. The molecule has 0 saturated carbocycles. The van der Waals surface area contributed by atoms with E-state index >= 15 is 0 Å². The Labute approximate surface area is 147 Å². The fourth-order valence-corrected chi connectivity index (χ4v) is 5.05. The Morgan fingerprint density at radius 2 is 1.72 bits per heavy atom. The average molecular weight is 365 g/mol. The van der Waals surface area contributed by atoms with Crippen LogP contribution in [0.5, 0.6) is 0 Å². The summed E-state index contributed by atoms with van der Waals surface area (Å²) in [4.78, 5) is -0.591. The van der Waals surface area contributed by atoms with Crippen LogP contribution >= 0.6 is 0 Å². The maximum absolute atomic E-state index is 14.1. The summed E-state index contributed by atoms with van der Waals surface area (Å²) >= 11 is 0. The Kier molecular flexibility index (Phi) is 5.20. The lowest BCUT2D eigenvalue weighted by molar-refractivity contribution is 0.327. The van der Waals surface area contributed by atoms with Crippen molar-refractivity contribution in [2.75, 3.05) is 6.54 Å². The van der Waals surface area contributed by atoms with Crippen molar-refractivity contribution in [3.05, 3.63) is 65.2 Å². The van der Waals surface area contributed by atoms with Crippen LogP contribution in [0.2, 0.25) is 0 Å². The number of rotatable bonds is 3. The third kappa shape index (κ3) is 3.75. The minimum atomic E-state index is -4.13. The number of halogens is 2. The molecule has 1 aliphatic rings. The first kappa shape index (κ1) is 18.0. The molecule has 2 aromatic rings. The van der Waals surface area contributed by atoms with Crippen molar-refractivity contribution < 1.29 is 17.2 Å². The summed E-state index contributed by atoms with van der Waals surface area (Å²) in [6.07, 6.45) is 3.19. The first-order valence-electron chi connectivity index (χ1n) is 8.43. The van der Waals surface area contributed by atoms with Gasteiger partial charge in [0.1, 0.15) is 16.5 Å². The number of nitrogens with zero attached hydrogens (tertiary/aromatic N) is 1. The highest BCUT2D eigenvalue weighted by Gasteiger charge is 2.35. The van der Waals surface area contributed by atoms with E-state index in [9.17, 15) is 17.2 Å². The molecule has 1 saturated heterocycles. The van der Waals surface area contributed by atoms with Gasteiger partial charge in [-0.2, -0.15) is 4.31 Å². The van der Waals surface area contributed by atoms with Gasteiger partial charge in [0.25, 0.3) is 0 Å². The van der Waals surface area contributed by atoms with Crippen molar-refractivity contribution >= 4 is 10.0 Å². The van der Waals surface area contributed by atoms with Crippen LogP contribution in [0.3, 0.4) is 0 Å². The van der Waals surface area contributed by atoms with Gasteiger partial charge in [0.15, 0.2) is 0 Å². The number of aryl methyl sites for hydroxylation is 1. The Hall–Kier alpha value is -1.79. The van der Waals surface area contributed by atoms with E-state index in [1.807, 2.05) is 31.2 Å². The summed E-state index contributed by atoms with van der Waals surface area (Å²) in [7, 11) is -4.13. The van der Waals surface area contributed by atoms with Crippen LogP contribution < -0.4 is 0 Å². The van der Waals surface area contributed by atoms with Gasteiger partial charge in [0.2, 0.25) is 10.0 Å². The molecular weight excluding hydrogens is 344 g/mol. The highest BCUT2D eigenvalue weighted by molar-refractivity contribution is 7.89. The molecule has 3 rings (SSSR count). The van der Waals surface area contributed by atoms with Crippen LogP contribution in [0.15, 0.2) is 47.4 Å². The van der Waals surface area contributed by atoms with Crippen LogP contribution in [-0.4, -0.2) is 19.3 Å². The van der Waals surface area contributed by atoms with Crippen LogP contribution in [0.25, 0.3) is 0 Å². The zero-order valence-corrected chi connectivity index (χ0v) is 14.9. The molecule has 0 aliphatic carbocycles. The summed E-state index contributed by atoms with van der Waals surface area (Å²) < 4.78 is 55.2. The van der Waals surface area contributed by atoms with Crippen molar-refractivity contribution in [1.82, 2.24) is 4.31 Å². The van der Waals surface area contributed by atoms with Gasteiger partial charge in [-0.15, -0.1) is 0 Å². The lowest BCUT2D eigenvalue weighted by atomic mass is 10.0. The minimum absolute atomic E-state index is 0.302. The summed E-state index contributed by atoms with van der Waals surface area (Å²) in [6, 6.07) is 9.89. The van der Waals surface area contributed by atoms with Crippen molar-refractivity contribution in [3.63, 3.8) is 0 Å². The molecule has 2 aromatic carbocycles. The molecule has 0 aromatic heterocycles. The second-order valence-electron chi connectivity index (χ2n) is 6.47. The Balaban J connectivity index is 2.06. The van der Waals surface area contributed by atoms with E-state index in [0.717, 1.165) is 42.2 Å². The molecule has 0 N–H and O–H groups in total. The van der Waals surface area contributed by atoms with E-state index in [1.165, 1.54) is 4.31 Å². The van der Waals surface area contributed by atoms with Gasteiger partial charge in [0, 0.05) is 6.54 Å². The first-order chi connectivity index (χ1) is 11.9. The number of sulfonamides is 1. The molecule has 3 nitrogen and oxygen atoms in total. The minimum Gasteiger partial charge on any atom is -0.207 e. The van der Waals surface area contributed by atoms with Gasteiger partial charge in [0.05, 0.1) is 6.04 Å². The zero-order chi connectivity index (χ0) is 18.0. The standard InChI is InChI=1S/C19H21F2NO2S/c1-14-6-8-15(9-7-14)18-5-3-2-4-12-22(18)25(23,24)19-13-16(20)10-11-17(19)21/h6-11,13,18H,2-5,12H2,1H3/t18-/m1/s1. The predicted octanol–water partition coefficient (Wildman–Crippen LogP) is 4.58. The molecule has 0 bridgehead atoms. The third-order valence-electron chi connectivity index (χ3n) is 4.65. The second-order valence-corrected chi connectivity index (χ2v) is 8.33. The van der Waals surface area contributed by atoms with E-state index in [2.05, 4.69) is 0 Å². The molecule has 0 amide bonds. The quantitative estimate of drug-likeness (QED) is 0.798. The van der Waals surface area contributed by atoms with E-state index in [0.29, 0.717) is 19.4 Å². The fraction of sp³-hybridized carbons (Fsp3) is 0.368. The molecule has 0 unspecified atom stereocenters. The Bertz CT molecular complexity index is 850. The van der Waals surface area contributed by atoms with E-state index in [4.69, 9.17) is 0 Å². The fourth-order valence-electron chi connectivity index (χ4n) is 3.29. The smallest absolute Gasteiger partial charge is 0.207 e. The molecule has 1 aliphatic heterocycles. The monoisotopic (exact) mass is 365 g/mol. The summed E-state index contributed by atoms with van der Waals surface area (Å²) in [5, 5.41) is 0. The van der Waals surface area contributed by atoms with Crippen LogP contribution in [0, 0.1) is 18.6 Å². The summed E-state index contributed by atoms with van der Waals surface area (Å²) in [5.41, 5.74) is 1.97. The van der Waals surface area contributed by atoms with Crippen molar-refractivity contribution in [1.29, 1.82) is 0 Å². The molecule has 134 valence electrons. The topological polar surface area (TPSA) is 37.4 Å². The predicted molar refractivity (Wildman–Crippen MR) is 92.6 cm³/mol. The van der Waals surface area contributed by atoms with Gasteiger partial charge >= 0.3 is 0 Å². The van der Waals surface area contributed by atoms with Gasteiger partial charge < -0.3 is 0 Å². The van der Waals surface area contributed by atoms with Crippen molar-refractivity contribution in [2.45, 2.75) is 43.5 Å². The number of hydrogen-bond acceptors (Lipinski definition) is 2. The molecule has 0 spiro atoms. The molecular formula is C19H21F2NO2S. The molecule has 0 radical (unpaired) electrons. The second kappa shape index (κ2) is 7.22. The van der Waals surface area contributed by atoms with E-state index < -0.39 is 26.6 Å². The Morgan fingerprint density at radius 1 is 1.00 bits per heavy atom. The van der Waals surface area contributed by atoms with E-state index in [-0.39, 0.29) is 6.04 Å². The SMILES string of the molecule is Cc1ccc([C@H]2CCCCCN2S(=O)(=O)c2cc(F)ccc2F)cc1.